The monoisotopic (exact) mass is 415 g/mol. The lowest BCUT2D eigenvalue weighted by molar-refractivity contribution is -0.139. The Morgan fingerprint density at radius 1 is 1.23 bits per heavy atom. The number of amides is 1. The number of para-hydroxylation sites is 1. The minimum absolute atomic E-state index is 0.0514. The highest BCUT2D eigenvalue weighted by Crippen LogP contribution is 2.31. The Morgan fingerprint density at radius 3 is 2.62 bits per heavy atom. The molecule has 1 amide bonds. The van der Waals surface area contributed by atoms with Crippen LogP contribution in [0.5, 0.6) is 5.75 Å². The van der Waals surface area contributed by atoms with E-state index in [2.05, 4.69) is 29.8 Å². The van der Waals surface area contributed by atoms with Gasteiger partial charge in [-0.15, -0.1) is 0 Å². The Kier molecular flexibility index (Phi) is 5.77. The fourth-order valence-corrected chi connectivity index (χ4v) is 3.39. The Balaban J connectivity index is 1.72. The zero-order valence-electron chi connectivity index (χ0n) is 14.9. The second-order valence-corrected chi connectivity index (χ2v) is 7.57. The second kappa shape index (κ2) is 8.04. The number of hydrogen-bond donors (Lipinski definition) is 0. The Morgan fingerprint density at radius 2 is 1.92 bits per heavy atom. The molecular formula is C21H22BrNO3. The van der Waals surface area contributed by atoms with Crippen LogP contribution >= 0.6 is 15.9 Å². The van der Waals surface area contributed by atoms with Crippen LogP contribution in [0.25, 0.3) is 0 Å². The molecule has 0 aromatic heterocycles. The van der Waals surface area contributed by atoms with Crippen molar-refractivity contribution < 1.29 is 14.3 Å². The largest absolute Gasteiger partial charge is 0.426 e. The molecule has 5 heteroatoms. The Labute approximate surface area is 162 Å². The summed E-state index contributed by atoms with van der Waals surface area (Å²) in [5, 5.41) is 0. The molecule has 0 N–H and O–H groups in total. The van der Waals surface area contributed by atoms with E-state index < -0.39 is 5.92 Å². The predicted molar refractivity (Wildman–Crippen MR) is 105 cm³/mol. The highest BCUT2D eigenvalue weighted by Gasteiger charge is 2.36. The molecule has 2 aromatic carbocycles. The molecule has 1 fully saturated rings. The maximum Gasteiger partial charge on any atom is 0.316 e. The van der Waals surface area contributed by atoms with Crippen molar-refractivity contribution in [3.05, 3.63) is 58.6 Å². The summed E-state index contributed by atoms with van der Waals surface area (Å²) < 4.78 is 6.63. The third-order valence-corrected chi connectivity index (χ3v) is 5.40. The maximum atomic E-state index is 12.6. The Bertz CT molecular complexity index is 803. The van der Waals surface area contributed by atoms with E-state index in [-0.39, 0.29) is 18.3 Å². The van der Waals surface area contributed by atoms with E-state index in [1.807, 2.05) is 48.5 Å². The van der Waals surface area contributed by atoms with Gasteiger partial charge in [0.2, 0.25) is 5.91 Å². The van der Waals surface area contributed by atoms with Gasteiger partial charge in [-0.2, -0.15) is 0 Å². The van der Waals surface area contributed by atoms with Gasteiger partial charge in [0.1, 0.15) is 5.75 Å². The first-order valence-corrected chi connectivity index (χ1v) is 9.65. The first kappa shape index (κ1) is 18.6. The number of carbonyl (C=O) groups excluding carboxylic acids is 2. The molecule has 0 bridgehead atoms. The third kappa shape index (κ3) is 3.98. The zero-order valence-corrected chi connectivity index (χ0v) is 16.5. The van der Waals surface area contributed by atoms with Gasteiger partial charge in [-0.25, -0.2) is 0 Å². The van der Waals surface area contributed by atoms with Crippen molar-refractivity contribution in [2.24, 2.45) is 5.92 Å². The third-order valence-electron chi connectivity index (χ3n) is 4.87. The number of halogens is 1. The van der Waals surface area contributed by atoms with Crippen molar-refractivity contribution in [2.75, 3.05) is 11.4 Å². The smallest absolute Gasteiger partial charge is 0.316 e. The van der Waals surface area contributed by atoms with Crippen LogP contribution in [0.2, 0.25) is 0 Å². The van der Waals surface area contributed by atoms with E-state index in [4.69, 9.17) is 4.74 Å². The summed E-state index contributed by atoms with van der Waals surface area (Å²) in [7, 11) is 0. The summed E-state index contributed by atoms with van der Waals surface area (Å²) in [4.78, 5) is 26.7. The Hall–Kier alpha value is -2.14. The molecule has 1 aliphatic heterocycles. The van der Waals surface area contributed by atoms with Crippen LogP contribution in [0.15, 0.2) is 53.0 Å². The fourth-order valence-electron chi connectivity index (χ4n) is 3.13. The molecule has 1 saturated heterocycles. The van der Waals surface area contributed by atoms with Crippen LogP contribution in [-0.2, 0) is 9.59 Å². The molecule has 136 valence electrons. The standard InChI is InChI=1S/C21H22BrNO3/c1-3-14(2)18-6-4-5-7-19(18)26-21(25)15-12-20(24)23(13-15)17-10-8-16(22)9-11-17/h4-11,14-15H,3,12-13H2,1-2H3/t14-,15+/m1/s1. The minimum Gasteiger partial charge on any atom is -0.426 e. The lowest BCUT2D eigenvalue weighted by Gasteiger charge is -2.18. The number of rotatable bonds is 5. The van der Waals surface area contributed by atoms with Crippen molar-refractivity contribution in [3.8, 4) is 5.75 Å². The molecule has 0 unspecified atom stereocenters. The van der Waals surface area contributed by atoms with Crippen molar-refractivity contribution in [2.45, 2.75) is 32.6 Å². The number of hydrogen-bond acceptors (Lipinski definition) is 3. The maximum absolute atomic E-state index is 12.6. The van der Waals surface area contributed by atoms with Gasteiger partial charge in [0.05, 0.1) is 5.92 Å². The first-order valence-electron chi connectivity index (χ1n) is 8.86. The lowest BCUT2D eigenvalue weighted by Crippen LogP contribution is -2.27. The number of anilines is 1. The molecule has 4 nitrogen and oxygen atoms in total. The van der Waals surface area contributed by atoms with E-state index in [0.717, 1.165) is 22.1 Å². The van der Waals surface area contributed by atoms with E-state index in [1.54, 1.807) is 4.90 Å². The second-order valence-electron chi connectivity index (χ2n) is 6.65. The van der Waals surface area contributed by atoms with Gasteiger partial charge in [0.15, 0.2) is 0 Å². The predicted octanol–water partition coefficient (Wildman–Crippen LogP) is 4.92. The summed E-state index contributed by atoms with van der Waals surface area (Å²) >= 11 is 3.39. The number of ether oxygens (including phenoxy) is 1. The fraction of sp³-hybridized carbons (Fsp3) is 0.333. The van der Waals surface area contributed by atoms with Gasteiger partial charge in [-0.05, 0) is 48.2 Å². The van der Waals surface area contributed by atoms with E-state index in [0.29, 0.717) is 18.2 Å². The van der Waals surface area contributed by atoms with Gasteiger partial charge in [-0.3, -0.25) is 9.59 Å². The van der Waals surface area contributed by atoms with Gasteiger partial charge in [0.25, 0.3) is 0 Å². The van der Waals surface area contributed by atoms with Crippen LogP contribution in [0.1, 0.15) is 38.2 Å². The minimum atomic E-state index is -0.448. The molecular weight excluding hydrogens is 394 g/mol. The molecule has 2 atom stereocenters. The van der Waals surface area contributed by atoms with E-state index in [9.17, 15) is 9.59 Å². The highest BCUT2D eigenvalue weighted by atomic mass is 79.9. The summed E-state index contributed by atoms with van der Waals surface area (Å²) in [6.07, 6.45) is 1.15. The average Bonchev–Trinajstić information content (AvgIpc) is 3.04. The molecule has 0 radical (unpaired) electrons. The normalized spacial score (nSPS) is 18.0. The molecule has 0 aliphatic carbocycles. The molecule has 1 aliphatic rings. The highest BCUT2D eigenvalue weighted by molar-refractivity contribution is 9.10. The molecule has 2 aromatic rings. The van der Waals surface area contributed by atoms with Gasteiger partial charge >= 0.3 is 5.97 Å². The van der Waals surface area contributed by atoms with Crippen molar-refractivity contribution >= 4 is 33.5 Å². The van der Waals surface area contributed by atoms with Crippen molar-refractivity contribution in [3.63, 3.8) is 0 Å². The molecule has 26 heavy (non-hydrogen) atoms. The van der Waals surface area contributed by atoms with Crippen LogP contribution in [0.3, 0.4) is 0 Å². The molecule has 1 heterocycles. The first-order chi connectivity index (χ1) is 12.5. The summed E-state index contributed by atoms with van der Waals surface area (Å²) in [6.45, 7) is 4.57. The lowest BCUT2D eigenvalue weighted by atomic mass is 9.98. The topological polar surface area (TPSA) is 46.6 Å². The molecule has 3 rings (SSSR count). The van der Waals surface area contributed by atoms with Gasteiger partial charge < -0.3 is 9.64 Å². The van der Waals surface area contributed by atoms with Gasteiger partial charge in [-0.1, -0.05) is 48.0 Å². The number of esters is 1. The van der Waals surface area contributed by atoms with Crippen molar-refractivity contribution in [1.82, 2.24) is 0 Å². The molecule has 0 spiro atoms. The van der Waals surface area contributed by atoms with Gasteiger partial charge in [0, 0.05) is 23.1 Å². The van der Waals surface area contributed by atoms with E-state index in [1.165, 1.54) is 0 Å². The molecule has 0 saturated carbocycles. The van der Waals surface area contributed by atoms with Crippen LogP contribution in [0, 0.1) is 5.92 Å². The van der Waals surface area contributed by atoms with Crippen LogP contribution in [0.4, 0.5) is 5.69 Å². The SMILES string of the molecule is CC[C@@H](C)c1ccccc1OC(=O)[C@H]1CC(=O)N(c2ccc(Br)cc2)C1. The van der Waals surface area contributed by atoms with Crippen LogP contribution < -0.4 is 9.64 Å². The average molecular weight is 416 g/mol. The van der Waals surface area contributed by atoms with Crippen LogP contribution in [-0.4, -0.2) is 18.4 Å². The zero-order chi connectivity index (χ0) is 18.7. The number of nitrogens with zero attached hydrogens (tertiary/aromatic N) is 1. The summed E-state index contributed by atoms with van der Waals surface area (Å²) in [6, 6.07) is 15.1. The van der Waals surface area contributed by atoms with E-state index >= 15 is 0 Å². The summed E-state index contributed by atoms with van der Waals surface area (Å²) in [5.41, 5.74) is 1.82. The van der Waals surface area contributed by atoms with Crippen molar-refractivity contribution in [1.29, 1.82) is 0 Å². The number of benzene rings is 2. The quantitative estimate of drug-likeness (QED) is 0.514. The number of carbonyl (C=O) groups is 2. The summed E-state index contributed by atoms with van der Waals surface area (Å²) in [5.74, 6) is 0.0687.